The Morgan fingerprint density at radius 3 is 2.90 bits per heavy atom. The fourth-order valence-electron chi connectivity index (χ4n) is 2.69. The van der Waals surface area contributed by atoms with Gasteiger partial charge in [-0.3, -0.25) is 4.98 Å². The molecular weight excluding hydrogens is 250 g/mol. The number of aromatic nitrogens is 2. The zero-order valence-corrected chi connectivity index (χ0v) is 11.6. The third kappa shape index (κ3) is 2.44. The molecule has 5 heteroatoms. The topological polar surface area (TPSA) is 67.1 Å². The molecular formula is C15H19N5. The van der Waals surface area contributed by atoms with Gasteiger partial charge in [0, 0.05) is 11.7 Å². The van der Waals surface area contributed by atoms with Crippen LogP contribution in [-0.2, 0) is 13.0 Å². The Hall–Kier alpha value is -2.14. The van der Waals surface area contributed by atoms with Crippen molar-refractivity contribution in [3.05, 3.63) is 47.9 Å². The molecule has 0 saturated carbocycles. The lowest BCUT2D eigenvalue weighted by Crippen LogP contribution is -2.37. The molecule has 1 aliphatic heterocycles. The predicted octanol–water partition coefficient (Wildman–Crippen LogP) is 2.10. The number of para-hydroxylation sites is 1. The SMILES string of the molecule is CC1CCc2ccccc2N1Cc1cnc(NN)cn1. The fraction of sp³-hybridized carbons (Fsp3) is 0.333. The number of hydrazine groups is 1. The number of hydrogen-bond donors (Lipinski definition) is 2. The minimum absolute atomic E-state index is 0.513. The summed E-state index contributed by atoms with van der Waals surface area (Å²) in [6.45, 7) is 3.04. The molecule has 0 spiro atoms. The van der Waals surface area contributed by atoms with Crippen molar-refractivity contribution >= 4 is 11.5 Å². The molecule has 104 valence electrons. The third-order valence-corrected chi connectivity index (χ3v) is 3.85. The summed E-state index contributed by atoms with van der Waals surface area (Å²) in [5, 5.41) is 0. The Morgan fingerprint density at radius 2 is 2.15 bits per heavy atom. The van der Waals surface area contributed by atoms with Gasteiger partial charge in [0.05, 0.1) is 24.6 Å². The first-order valence-corrected chi connectivity index (χ1v) is 6.90. The molecule has 1 aliphatic rings. The van der Waals surface area contributed by atoms with Gasteiger partial charge in [0.15, 0.2) is 5.82 Å². The average molecular weight is 269 g/mol. The van der Waals surface area contributed by atoms with Crippen LogP contribution in [0.5, 0.6) is 0 Å². The van der Waals surface area contributed by atoms with Crippen molar-refractivity contribution in [3.8, 4) is 0 Å². The van der Waals surface area contributed by atoms with Gasteiger partial charge in [0.25, 0.3) is 0 Å². The van der Waals surface area contributed by atoms with Crippen LogP contribution in [-0.4, -0.2) is 16.0 Å². The second kappa shape index (κ2) is 5.46. The standard InChI is InChI=1S/C15H19N5/c1-11-6-7-12-4-2-3-5-14(12)20(11)10-13-8-18-15(19-16)9-17-13/h2-5,8-9,11H,6-7,10,16H2,1H3,(H,18,19). The lowest BCUT2D eigenvalue weighted by molar-refractivity contribution is 0.556. The number of rotatable bonds is 3. The van der Waals surface area contributed by atoms with Crippen LogP contribution in [0.3, 0.4) is 0 Å². The molecule has 1 aromatic heterocycles. The van der Waals surface area contributed by atoms with E-state index in [1.54, 1.807) is 12.4 Å². The first kappa shape index (κ1) is 12.9. The maximum atomic E-state index is 5.31. The Morgan fingerprint density at radius 1 is 1.30 bits per heavy atom. The number of nitrogens with one attached hydrogen (secondary N) is 1. The van der Waals surface area contributed by atoms with Gasteiger partial charge in [-0.05, 0) is 31.4 Å². The van der Waals surface area contributed by atoms with Crippen LogP contribution in [0.4, 0.5) is 11.5 Å². The summed E-state index contributed by atoms with van der Waals surface area (Å²) in [5.41, 5.74) is 6.18. The Kier molecular flexibility index (Phi) is 3.52. The van der Waals surface area contributed by atoms with E-state index in [2.05, 4.69) is 51.5 Å². The zero-order valence-electron chi connectivity index (χ0n) is 11.6. The fourth-order valence-corrected chi connectivity index (χ4v) is 2.69. The monoisotopic (exact) mass is 269 g/mol. The minimum Gasteiger partial charge on any atom is -0.363 e. The molecule has 0 aliphatic carbocycles. The zero-order chi connectivity index (χ0) is 13.9. The highest BCUT2D eigenvalue weighted by Gasteiger charge is 2.22. The average Bonchev–Trinajstić information content (AvgIpc) is 2.51. The van der Waals surface area contributed by atoms with Crippen LogP contribution in [0.25, 0.3) is 0 Å². The normalized spacial score (nSPS) is 17.7. The number of benzene rings is 1. The van der Waals surface area contributed by atoms with Gasteiger partial charge in [-0.2, -0.15) is 0 Å². The molecule has 1 aromatic carbocycles. The summed E-state index contributed by atoms with van der Waals surface area (Å²) >= 11 is 0. The van der Waals surface area contributed by atoms with E-state index >= 15 is 0 Å². The van der Waals surface area contributed by atoms with Crippen molar-refractivity contribution in [2.75, 3.05) is 10.3 Å². The second-order valence-electron chi connectivity index (χ2n) is 5.18. The number of nitrogens with zero attached hydrogens (tertiary/aromatic N) is 3. The van der Waals surface area contributed by atoms with Crippen LogP contribution < -0.4 is 16.2 Å². The largest absolute Gasteiger partial charge is 0.363 e. The van der Waals surface area contributed by atoms with Crippen LogP contribution in [0.2, 0.25) is 0 Å². The minimum atomic E-state index is 0.513. The highest BCUT2D eigenvalue weighted by atomic mass is 15.3. The number of aryl methyl sites for hydroxylation is 1. The van der Waals surface area contributed by atoms with E-state index in [-0.39, 0.29) is 0 Å². The van der Waals surface area contributed by atoms with Crippen molar-refractivity contribution in [1.29, 1.82) is 0 Å². The lowest BCUT2D eigenvalue weighted by Gasteiger charge is -2.36. The first-order chi connectivity index (χ1) is 9.78. The lowest BCUT2D eigenvalue weighted by atomic mass is 9.96. The van der Waals surface area contributed by atoms with Crippen molar-refractivity contribution in [3.63, 3.8) is 0 Å². The highest BCUT2D eigenvalue weighted by molar-refractivity contribution is 5.56. The van der Waals surface area contributed by atoms with Gasteiger partial charge in [0.1, 0.15) is 0 Å². The molecule has 1 atom stereocenters. The van der Waals surface area contributed by atoms with E-state index in [1.165, 1.54) is 17.7 Å². The number of nitrogens with two attached hydrogens (primary N) is 1. The smallest absolute Gasteiger partial charge is 0.158 e. The van der Waals surface area contributed by atoms with Crippen LogP contribution in [0, 0.1) is 0 Å². The van der Waals surface area contributed by atoms with Crippen molar-refractivity contribution in [1.82, 2.24) is 9.97 Å². The molecule has 0 saturated heterocycles. The molecule has 0 amide bonds. The van der Waals surface area contributed by atoms with Gasteiger partial charge >= 0.3 is 0 Å². The van der Waals surface area contributed by atoms with Crippen molar-refractivity contribution in [2.45, 2.75) is 32.4 Å². The van der Waals surface area contributed by atoms with Gasteiger partial charge < -0.3 is 10.3 Å². The molecule has 0 fully saturated rings. The quantitative estimate of drug-likeness (QED) is 0.660. The summed E-state index contributed by atoms with van der Waals surface area (Å²) in [6, 6.07) is 9.11. The molecule has 3 N–H and O–H groups in total. The molecule has 20 heavy (non-hydrogen) atoms. The van der Waals surface area contributed by atoms with Crippen LogP contribution in [0.1, 0.15) is 24.6 Å². The molecule has 5 nitrogen and oxygen atoms in total. The van der Waals surface area contributed by atoms with Crippen LogP contribution in [0.15, 0.2) is 36.7 Å². The predicted molar refractivity (Wildman–Crippen MR) is 80.3 cm³/mol. The van der Waals surface area contributed by atoms with Gasteiger partial charge in [-0.15, -0.1) is 0 Å². The Balaban J connectivity index is 1.85. The molecule has 2 heterocycles. The molecule has 2 aromatic rings. The summed E-state index contributed by atoms with van der Waals surface area (Å²) in [6.07, 6.45) is 5.76. The number of anilines is 2. The van der Waals surface area contributed by atoms with E-state index in [0.717, 1.165) is 18.7 Å². The molecule has 1 unspecified atom stereocenters. The van der Waals surface area contributed by atoms with Gasteiger partial charge in [-0.25, -0.2) is 10.8 Å². The first-order valence-electron chi connectivity index (χ1n) is 6.90. The molecule has 0 bridgehead atoms. The number of hydrogen-bond acceptors (Lipinski definition) is 5. The van der Waals surface area contributed by atoms with E-state index in [1.807, 2.05) is 0 Å². The summed E-state index contributed by atoms with van der Waals surface area (Å²) < 4.78 is 0. The Bertz CT molecular complexity index is 581. The maximum Gasteiger partial charge on any atom is 0.158 e. The maximum absolute atomic E-state index is 5.31. The van der Waals surface area contributed by atoms with Crippen LogP contribution >= 0.6 is 0 Å². The van der Waals surface area contributed by atoms with Crippen molar-refractivity contribution in [2.24, 2.45) is 5.84 Å². The summed E-state index contributed by atoms with van der Waals surface area (Å²) in [4.78, 5) is 11.0. The summed E-state index contributed by atoms with van der Waals surface area (Å²) in [7, 11) is 0. The van der Waals surface area contributed by atoms with E-state index in [0.29, 0.717) is 11.9 Å². The number of fused-ring (bicyclic) bond motifs is 1. The molecule has 0 radical (unpaired) electrons. The third-order valence-electron chi connectivity index (χ3n) is 3.85. The van der Waals surface area contributed by atoms with Crippen molar-refractivity contribution < 1.29 is 0 Å². The Labute approximate surface area is 118 Å². The molecule has 3 rings (SSSR count). The second-order valence-corrected chi connectivity index (χ2v) is 5.18. The van der Waals surface area contributed by atoms with E-state index in [9.17, 15) is 0 Å². The van der Waals surface area contributed by atoms with Gasteiger partial charge in [0.2, 0.25) is 0 Å². The van der Waals surface area contributed by atoms with Gasteiger partial charge in [-0.1, -0.05) is 18.2 Å². The van der Waals surface area contributed by atoms with E-state index in [4.69, 9.17) is 5.84 Å². The number of nitrogen functional groups attached to an aromatic ring is 1. The highest BCUT2D eigenvalue weighted by Crippen LogP contribution is 2.31. The van der Waals surface area contributed by atoms with E-state index < -0.39 is 0 Å². The summed E-state index contributed by atoms with van der Waals surface area (Å²) in [5.74, 6) is 5.89.